The summed E-state index contributed by atoms with van der Waals surface area (Å²) in [5.41, 5.74) is 0. The van der Waals surface area contributed by atoms with E-state index in [9.17, 15) is 8.42 Å². The maximum Gasteiger partial charge on any atom is 0.241 e. The topological polar surface area (TPSA) is 55.4 Å². The Kier molecular flexibility index (Phi) is 5.11. The molecule has 0 unspecified atom stereocenters. The lowest BCUT2D eigenvalue weighted by atomic mass is 9.87. The quantitative estimate of drug-likeness (QED) is 0.886. The summed E-state index contributed by atoms with van der Waals surface area (Å²) in [6.45, 7) is 4.60. The number of rotatable bonds is 5. The van der Waals surface area contributed by atoms with Gasteiger partial charge in [0.2, 0.25) is 10.0 Å². The van der Waals surface area contributed by atoms with Crippen molar-refractivity contribution >= 4 is 20.8 Å². The van der Waals surface area contributed by atoms with Crippen LogP contribution in [-0.2, 0) is 10.0 Å². The zero-order chi connectivity index (χ0) is 17.2. The van der Waals surface area contributed by atoms with E-state index in [0.29, 0.717) is 22.8 Å². The molecule has 1 aliphatic carbocycles. The summed E-state index contributed by atoms with van der Waals surface area (Å²) in [5, 5.41) is 1.54. The van der Waals surface area contributed by atoms with Gasteiger partial charge >= 0.3 is 0 Å². The lowest BCUT2D eigenvalue weighted by Crippen LogP contribution is -2.41. The summed E-state index contributed by atoms with van der Waals surface area (Å²) < 4.78 is 34.5. The minimum absolute atomic E-state index is 0.0223. The van der Waals surface area contributed by atoms with Gasteiger partial charge in [-0.2, -0.15) is 0 Å². The Morgan fingerprint density at radius 1 is 1.08 bits per heavy atom. The van der Waals surface area contributed by atoms with E-state index in [0.717, 1.165) is 30.4 Å². The third kappa shape index (κ3) is 3.42. The molecule has 1 saturated carbocycles. The molecule has 0 radical (unpaired) electrons. The summed E-state index contributed by atoms with van der Waals surface area (Å²) in [6, 6.07) is 10.9. The first kappa shape index (κ1) is 17.2. The Bertz CT molecular complexity index is 816. The second-order valence-electron chi connectivity index (χ2n) is 6.53. The van der Waals surface area contributed by atoms with Crippen LogP contribution in [0.4, 0.5) is 0 Å². The van der Waals surface area contributed by atoms with Crippen molar-refractivity contribution in [2.45, 2.75) is 50.5 Å². The van der Waals surface area contributed by atoms with Gasteiger partial charge in [-0.05, 0) is 37.8 Å². The monoisotopic (exact) mass is 347 g/mol. The molecule has 2 aromatic rings. The van der Waals surface area contributed by atoms with Crippen molar-refractivity contribution in [3.05, 3.63) is 36.4 Å². The average Bonchev–Trinajstić information content (AvgIpc) is 2.57. The highest BCUT2D eigenvalue weighted by Crippen LogP contribution is 2.32. The Morgan fingerprint density at radius 3 is 2.50 bits per heavy atom. The predicted octanol–water partition coefficient (Wildman–Crippen LogP) is 4.10. The molecule has 2 atom stereocenters. The molecule has 0 spiro atoms. The molecule has 130 valence electrons. The van der Waals surface area contributed by atoms with Gasteiger partial charge in [-0.25, -0.2) is 13.1 Å². The van der Waals surface area contributed by atoms with E-state index in [-0.39, 0.29) is 6.04 Å². The lowest BCUT2D eigenvalue weighted by Gasteiger charge is -2.29. The third-order valence-electron chi connectivity index (χ3n) is 4.85. The molecule has 3 rings (SSSR count). The second-order valence-corrected chi connectivity index (χ2v) is 8.21. The van der Waals surface area contributed by atoms with Gasteiger partial charge in [0.15, 0.2) is 0 Å². The Morgan fingerprint density at radius 2 is 1.79 bits per heavy atom. The van der Waals surface area contributed by atoms with E-state index in [1.807, 2.05) is 31.2 Å². The van der Waals surface area contributed by atoms with Crippen molar-refractivity contribution in [1.29, 1.82) is 0 Å². The van der Waals surface area contributed by atoms with Crippen LogP contribution in [0.2, 0.25) is 0 Å². The van der Waals surface area contributed by atoms with Crippen molar-refractivity contribution in [1.82, 2.24) is 4.72 Å². The highest BCUT2D eigenvalue weighted by molar-refractivity contribution is 7.89. The summed E-state index contributed by atoms with van der Waals surface area (Å²) in [4.78, 5) is 0.333. The van der Waals surface area contributed by atoms with Gasteiger partial charge in [0.05, 0.1) is 11.5 Å². The second kappa shape index (κ2) is 7.11. The first-order chi connectivity index (χ1) is 11.5. The standard InChI is InChI=1S/C19H25NO3S/c1-3-23-18-12-13-19(16-10-6-5-9-15(16)18)24(21,22)20-17-11-7-4-8-14(17)2/h5-6,9-10,12-14,17,20H,3-4,7-8,11H2,1-2H3/t14-,17-/m1/s1. The Balaban J connectivity index is 2.00. The van der Waals surface area contributed by atoms with Gasteiger partial charge in [0.1, 0.15) is 5.75 Å². The van der Waals surface area contributed by atoms with Gasteiger partial charge in [0.25, 0.3) is 0 Å². The van der Waals surface area contributed by atoms with Gasteiger partial charge in [0, 0.05) is 16.8 Å². The SMILES string of the molecule is CCOc1ccc(S(=O)(=O)N[C@@H]2CCCC[C@H]2C)c2ccccc12. The first-order valence-electron chi connectivity index (χ1n) is 8.70. The number of benzene rings is 2. The molecular formula is C19H25NO3S. The van der Waals surface area contributed by atoms with Crippen LogP contribution >= 0.6 is 0 Å². The molecule has 1 N–H and O–H groups in total. The summed E-state index contributed by atoms with van der Waals surface area (Å²) >= 11 is 0. The van der Waals surface area contributed by atoms with Gasteiger partial charge in [-0.15, -0.1) is 0 Å². The van der Waals surface area contributed by atoms with E-state index in [1.54, 1.807) is 12.1 Å². The average molecular weight is 347 g/mol. The van der Waals surface area contributed by atoms with Crippen LogP contribution < -0.4 is 9.46 Å². The van der Waals surface area contributed by atoms with Crippen molar-refractivity contribution < 1.29 is 13.2 Å². The minimum atomic E-state index is -3.56. The van der Waals surface area contributed by atoms with Gasteiger partial charge in [-0.3, -0.25) is 0 Å². The number of nitrogens with one attached hydrogen (secondary N) is 1. The lowest BCUT2D eigenvalue weighted by molar-refractivity contribution is 0.310. The molecule has 0 amide bonds. The molecule has 0 aliphatic heterocycles. The molecule has 5 heteroatoms. The van der Waals surface area contributed by atoms with E-state index in [2.05, 4.69) is 11.6 Å². The van der Waals surface area contributed by atoms with Crippen molar-refractivity contribution in [2.24, 2.45) is 5.92 Å². The molecule has 1 aliphatic rings. The van der Waals surface area contributed by atoms with Crippen LogP contribution in [0, 0.1) is 5.92 Å². The van der Waals surface area contributed by atoms with Gasteiger partial charge < -0.3 is 4.74 Å². The maximum absolute atomic E-state index is 13.0. The van der Waals surface area contributed by atoms with Crippen molar-refractivity contribution in [3.8, 4) is 5.75 Å². The number of hydrogen-bond acceptors (Lipinski definition) is 3. The number of hydrogen-bond donors (Lipinski definition) is 1. The van der Waals surface area contributed by atoms with E-state index < -0.39 is 10.0 Å². The maximum atomic E-state index is 13.0. The smallest absolute Gasteiger partial charge is 0.241 e. The van der Waals surface area contributed by atoms with Crippen molar-refractivity contribution in [3.63, 3.8) is 0 Å². The molecule has 1 fully saturated rings. The van der Waals surface area contributed by atoms with E-state index in [1.165, 1.54) is 6.42 Å². The third-order valence-corrected chi connectivity index (χ3v) is 6.40. The summed E-state index contributed by atoms with van der Waals surface area (Å²) in [6.07, 6.45) is 4.26. The van der Waals surface area contributed by atoms with Crippen LogP contribution in [0.25, 0.3) is 10.8 Å². The van der Waals surface area contributed by atoms with Crippen LogP contribution in [0.15, 0.2) is 41.3 Å². The van der Waals surface area contributed by atoms with Crippen molar-refractivity contribution in [2.75, 3.05) is 6.61 Å². The fraction of sp³-hybridized carbons (Fsp3) is 0.474. The molecule has 0 saturated heterocycles. The first-order valence-corrected chi connectivity index (χ1v) is 10.2. The van der Waals surface area contributed by atoms with Crippen LogP contribution in [0.3, 0.4) is 0 Å². The molecular weight excluding hydrogens is 322 g/mol. The molecule has 0 aromatic heterocycles. The summed E-state index contributed by atoms with van der Waals surface area (Å²) in [7, 11) is -3.56. The minimum Gasteiger partial charge on any atom is -0.493 e. The van der Waals surface area contributed by atoms with Crippen LogP contribution in [-0.4, -0.2) is 21.1 Å². The highest BCUT2D eigenvalue weighted by atomic mass is 32.2. The van der Waals surface area contributed by atoms with Crippen LogP contribution in [0.1, 0.15) is 39.5 Å². The zero-order valence-corrected chi connectivity index (χ0v) is 15.1. The largest absolute Gasteiger partial charge is 0.493 e. The normalized spacial score (nSPS) is 21.8. The zero-order valence-electron chi connectivity index (χ0n) is 14.3. The fourth-order valence-electron chi connectivity index (χ4n) is 3.51. The highest BCUT2D eigenvalue weighted by Gasteiger charge is 2.28. The number of sulfonamides is 1. The number of fused-ring (bicyclic) bond motifs is 1. The number of ether oxygens (including phenoxy) is 1. The van der Waals surface area contributed by atoms with E-state index >= 15 is 0 Å². The molecule has 0 bridgehead atoms. The summed E-state index contributed by atoms with van der Waals surface area (Å²) in [5.74, 6) is 1.10. The molecule has 24 heavy (non-hydrogen) atoms. The predicted molar refractivity (Wildman–Crippen MR) is 96.9 cm³/mol. The molecule has 4 nitrogen and oxygen atoms in total. The van der Waals surface area contributed by atoms with Gasteiger partial charge in [-0.1, -0.05) is 44.0 Å². The molecule has 0 heterocycles. The Hall–Kier alpha value is -1.59. The van der Waals surface area contributed by atoms with E-state index in [4.69, 9.17) is 4.74 Å². The van der Waals surface area contributed by atoms with Crippen LogP contribution in [0.5, 0.6) is 5.75 Å². The Labute approximate surface area is 144 Å². The molecule has 2 aromatic carbocycles. The fourth-order valence-corrected chi connectivity index (χ4v) is 5.10.